The number of nitrogens with one attached hydrogen (secondary N) is 1. The molecular weight excluding hydrogens is 514 g/mol. The lowest BCUT2D eigenvalue weighted by Crippen LogP contribution is -2.25. The van der Waals surface area contributed by atoms with Gasteiger partial charge in [-0.1, -0.05) is 62.2 Å². The molecule has 0 aromatic heterocycles. The molecule has 0 atom stereocenters. The molecule has 7 heteroatoms. The third-order valence-corrected chi connectivity index (χ3v) is 7.09. The van der Waals surface area contributed by atoms with Gasteiger partial charge in [0.15, 0.2) is 5.66 Å². The molecule has 1 saturated carbocycles. The van der Waals surface area contributed by atoms with E-state index >= 15 is 0 Å². The molecule has 0 radical (unpaired) electrons. The van der Waals surface area contributed by atoms with Crippen LogP contribution >= 0.6 is 43.6 Å². The summed E-state index contributed by atoms with van der Waals surface area (Å²) in [5.41, 5.74) is 2.43. The second kappa shape index (κ2) is 9.14. The Morgan fingerprint density at radius 1 is 0.931 bits per heavy atom. The second-order valence-corrected chi connectivity index (χ2v) is 10.1. The van der Waals surface area contributed by atoms with Gasteiger partial charge in [-0.05, 0) is 62.1 Å². The lowest BCUT2D eigenvalue weighted by Gasteiger charge is -2.27. The predicted molar refractivity (Wildman–Crippen MR) is 129 cm³/mol. The van der Waals surface area contributed by atoms with Crippen LogP contribution in [-0.4, -0.2) is 28.1 Å². The molecule has 150 valence electrons. The standard InChI is InChI=1S/C22H21Br2N3OS/c23-16-6-4-15(5-7-16)20-21(27-22(26-20)12-2-1-3-13-22)29-14-19(28)25-18-10-8-17(24)9-11-18/h4-11H,1-3,12-14H2,(H,25,28). The van der Waals surface area contributed by atoms with Crippen LogP contribution in [0, 0.1) is 0 Å². The minimum atomic E-state index is -0.328. The summed E-state index contributed by atoms with van der Waals surface area (Å²) < 4.78 is 2.02. The molecule has 1 N–H and O–H groups in total. The van der Waals surface area contributed by atoms with Gasteiger partial charge in [-0.3, -0.25) is 9.79 Å². The molecule has 2 aromatic rings. The van der Waals surface area contributed by atoms with E-state index in [0.717, 1.165) is 56.6 Å². The van der Waals surface area contributed by atoms with E-state index in [9.17, 15) is 4.79 Å². The molecule has 2 aliphatic rings. The summed E-state index contributed by atoms with van der Waals surface area (Å²) in [4.78, 5) is 22.6. The zero-order valence-electron chi connectivity index (χ0n) is 15.8. The molecule has 0 bridgehead atoms. The Bertz CT molecular complexity index is 949. The number of nitrogens with zero attached hydrogens (tertiary/aromatic N) is 2. The molecule has 0 saturated heterocycles. The van der Waals surface area contributed by atoms with Crippen LogP contribution in [0.5, 0.6) is 0 Å². The summed E-state index contributed by atoms with van der Waals surface area (Å²) in [6.45, 7) is 0. The topological polar surface area (TPSA) is 53.8 Å². The Labute approximate surface area is 191 Å². The number of hydrogen-bond acceptors (Lipinski definition) is 4. The quantitative estimate of drug-likeness (QED) is 0.490. The number of aliphatic imine (C=N–C) groups is 2. The van der Waals surface area contributed by atoms with Gasteiger partial charge in [0.2, 0.25) is 5.91 Å². The van der Waals surface area contributed by atoms with Crippen LogP contribution in [-0.2, 0) is 4.79 Å². The highest BCUT2D eigenvalue weighted by molar-refractivity contribution is 9.10. The van der Waals surface area contributed by atoms with E-state index in [1.54, 1.807) is 0 Å². The first kappa shape index (κ1) is 20.8. The Kier molecular flexibility index (Phi) is 6.56. The first-order valence-corrected chi connectivity index (χ1v) is 12.2. The molecule has 1 spiro atoms. The highest BCUT2D eigenvalue weighted by atomic mass is 79.9. The minimum absolute atomic E-state index is 0.0419. The minimum Gasteiger partial charge on any atom is -0.325 e. The first-order chi connectivity index (χ1) is 14.0. The lowest BCUT2D eigenvalue weighted by molar-refractivity contribution is -0.113. The zero-order valence-corrected chi connectivity index (χ0v) is 19.8. The van der Waals surface area contributed by atoms with E-state index in [2.05, 4.69) is 49.3 Å². The molecule has 2 aromatic carbocycles. The zero-order chi connectivity index (χ0) is 20.3. The summed E-state index contributed by atoms with van der Waals surface area (Å²) in [6, 6.07) is 15.7. The van der Waals surface area contributed by atoms with Gasteiger partial charge < -0.3 is 5.32 Å². The number of halogens is 2. The van der Waals surface area contributed by atoms with Crippen molar-refractivity contribution in [2.45, 2.75) is 37.8 Å². The van der Waals surface area contributed by atoms with Gasteiger partial charge in [-0.2, -0.15) is 0 Å². The van der Waals surface area contributed by atoms with Crippen molar-refractivity contribution in [3.8, 4) is 0 Å². The largest absolute Gasteiger partial charge is 0.325 e. The van der Waals surface area contributed by atoms with Crippen molar-refractivity contribution >= 4 is 66.0 Å². The fourth-order valence-corrected chi connectivity index (χ4v) is 5.03. The summed E-state index contributed by atoms with van der Waals surface area (Å²) >= 11 is 8.38. The van der Waals surface area contributed by atoms with Gasteiger partial charge in [0.05, 0.1) is 11.5 Å². The van der Waals surface area contributed by atoms with E-state index in [0.29, 0.717) is 5.75 Å². The first-order valence-electron chi connectivity index (χ1n) is 9.67. The van der Waals surface area contributed by atoms with Crippen LogP contribution in [0.25, 0.3) is 0 Å². The van der Waals surface area contributed by atoms with E-state index in [-0.39, 0.29) is 11.6 Å². The fraction of sp³-hybridized carbons (Fsp3) is 0.318. The number of benzene rings is 2. The van der Waals surface area contributed by atoms with Crippen molar-refractivity contribution < 1.29 is 4.79 Å². The van der Waals surface area contributed by atoms with Crippen LogP contribution in [0.1, 0.15) is 37.7 Å². The Hall–Kier alpha value is -1.44. The maximum atomic E-state index is 12.5. The van der Waals surface area contributed by atoms with E-state index in [1.165, 1.54) is 18.2 Å². The molecule has 1 aliphatic carbocycles. The smallest absolute Gasteiger partial charge is 0.234 e. The van der Waals surface area contributed by atoms with Crippen LogP contribution in [0.15, 0.2) is 67.5 Å². The molecule has 1 heterocycles. The number of carbonyl (C=O) groups is 1. The number of rotatable bonds is 4. The van der Waals surface area contributed by atoms with Crippen molar-refractivity contribution in [2.75, 3.05) is 11.1 Å². The summed E-state index contributed by atoms with van der Waals surface area (Å²) in [5.74, 6) is 0.264. The highest BCUT2D eigenvalue weighted by Crippen LogP contribution is 2.38. The Morgan fingerprint density at radius 2 is 1.55 bits per heavy atom. The fourth-order valence-electron chi connectivity index (χ4n) is 3.63. The number of thioether (sulfide) groups is 1. The molecule has 0 unspecified atom stereocenters. The molecule has 4 rings (SSSR count). The van der Waals surface area contributed by atoms with Gasteiger partial charge in [0.1, 0.15) is 5.04 Å². The third kappa shape index (κ3) is 5.19. The van der Waals surface area contributed by atoms with Crippen LogP contribution in [0.4, 0.5) is 5.69 Å². The molecule has 29 heavy (non-hydrogen) atoms. The van der Waals surface area contributed by atoms with E-state index in [1.807, 2.05) is 36.4 Å². The van der Waals surface area contributed by atoms with Crippen LogP contribution < -0.4 is 5.32 Å². The van der Waals surface area contributed by atoms with Gasteiger partial charge in [0, 0.05) is 20.2 Å². The maximum absolute atomic E-state index is 12.5. The van der Waals surface area contributed by atoms with Crippen molar-refractivity contribution in [3.63, 3.8) is 0 Å². The monoisotopic (exact) mass is 533 g/mol. The number of hydrogen-bond donors (Lipinski definition) is 1. The van der Waals surface area contributed by atoms with Crippen molar-refractivity contribution in [1.29, 1.82) is 0 Å². The van der Waals surface area contributed by atoms with Crippen LogP contribution in [0.2, 0.25) is 0 Å². The van der Waals surface area contributed by atoms with Gasteiger partial charge in [-0.15, -0.1) is 0 Å². The summed E-state index contributed by atoms with van der Waals surface area (Å²) in [5, 5.41) is 3.82. The normalized spacial score (nSPS) is 17.7. The maximum Gasteiger partial charge on any atom is 0.234 e. The molecule has 1 amide bonds. The van der Waals surface area contributed by atoms with Crippen molar-refractivity contribution in [3.05, 3.63) is 63.0 Å². The molecule has 4 nitrogen and oxygen atoms in total. The molecular formula is C22H21Br2N3OS. The van der Waals surface area contributed by atoms with Crippen molar-refractivity contribution in [1.82, 2.24) is 0 Å². The Morgan fingerprint density at radius 3 is 2.21 bits per heavy atom. The second-order valence-electron chi connectivity index (χ2n) is 7.27. The molecule has 1 aliphatic heterocycles. The number of carbonyl (C=O) groups excluding carboxylic acids is 1. The summed E-state index contributed by atoms with van der Waals surface area (Å²) in [6.07, 6.45) is 5.54. The van der Waals surface area contributed by atoms with Gasteiger partial charge >= 0.3 is 0 Å². The lowest BCUT2D eigenvalue weighted by atomic mass is 9.90. The predicted octanol–water partition coefficient (Wildman–Crippen LogP) is 6.45. The molecule has 1 fully saturated rings. The van der Waals surface area contributed by atoms with Gasteiger partial charge in [0.25, 0.3) is 0 Å². The van der Waals surface area contributed by atoms with E-state index in [4.69, 9.17) is 9.98 Å². The summed E-state index contributed by atoms with van der Waals surface area (Å²) in [7, 11) is 0. The average Bonchev–Trinajstić information content (AvgIpc) is 3.07. The average molecular weight is 535 g/mol. The SMILES string of the molecule is O=C(CSC1=NC2(CCCCC2)N=C1c1ccc(Br)cc1)Nc1ccc(Br)cc1. The number of anilines is 1. The van der Waals surface area contributed by atoms with Crippen molar-refractivity contribution in [2.24, 2.45) is 9.98 Å². The highest BCUT2D eigenvalue weighted by Gasteiger charge is 2.37. The van der Waals surface area contributed by atoms with E-state index < -0.39 is 0 Å². The Balaban J connectivity index is 1.49. The number of amides is 1. The van der Waals surface area contributed by atoms with Crippen LogP contribution in [0.3, 0.4) is 0 Å². The van der Waals surface area contributed by atoms with Gasteiger partial charge in [-0.25, -0.2) is 4.99 Å². The third-order valence-electron chi connectivity index (χ3n) is 5.07.